The van der Waals surface area contributed by atoms with Crippen LogP contribution in [0.3, 0.4) is 0 Å². The average molecular weight is 253 g/mol. The fraction of sp³-hybridized carbons (Fsp3) is 0.769. The molecule has 0 unspecified atom stereocenters. The maximum atomic E-state index is 4.51. The maximum absolute atomic E-state index is 4.51. The Kier molecular flexibility index (Phi) is 4.17. The summed E-state index contributed by atoms with van der Waals surface area (Å²) >= 11 is 1.78. The van der Waals surface area contributed by atoms with Crippen LogP contribution in [0.15, 0.2) is 11.6 Å². The Morgan fingerprint density at radius 2 is 2.18 bits per heavy atom. The van der Waals surface area contributed by atoms with E-state index in [1.54, 1.807) is 11.3 Å². The molecule has 4 heteroatoms. The van der Waals surface area contributed by atoms with E-state index in [2.05, 4.69) is 41.5 Å². The molecule has 2 heterocycles. The van der Waals surface area contributed by atoms with Gasteiger partial charge >= 0.3 is 0 Å². The molecule has 1 aliphatic rings. The predicted molar refractivity (Wildman–Crippen MR) is 73.4 cm³/mol. The van der Waals surface area contributed by atoms with Gasteiger partial charge in [-0.1, -0.05) is 13.8 Å². The van der Waals surface area contributed by atoms with Gasteiger partial charge in [-0.15, -0.1) is 11.3 Å². The van der Waals surface area contributed by atoms with Gasteiger partial charge in [0, 0.05) is 31.2 Å². The highest BCUT2D eigenvalue weighted by molar-refractivity contribution is 7.09. The molecule has 96 valence electrons. The van der Waals surface area contributed by atoms with Crippen molar-refractivity contribution in [3.8, 4) is 0 Å². The number of likely N-dealkylation sites (tertiary alicyclic amines) is 1. The van der Waals surface area contributed by atoms with Crippen molar-refractivity contribution in [1.29, 1.82) is 0 Å². The van der Waals surface area contributed by atoms with Crippen LogP contribution in [-0.2, 0) is 5.54 Å². The van der Waals surface area contributed by atoms with E-state index in [9.17, 15) is 0 Å². The predicted octanol–water partition coefficient (Wildman–Crippen LogP) is 2.31. The summed E-state index contributed by atoms with van der Waals surface area (Å²) < 4.78 is 0. The van der Waals surface area contributed by atoms with Crippen molar-refractivity contribution in [3.63, 3.8) is 0 Å². The van der Waals surface area contributed by atoms with Crippen molar-refractivity contribution in [2.75, 3.05) is 26.7 Å². The molecule has 1 aliphatic heterocycles. The largest absolute Gasteiger partial charge is 0.308 e. The summed E-state index contributed by atoms with van der Waals surface area (Å²) in [6.07, 6.45) is 4.26. The van der Waals surface area contributed by atoms with Crippen LogP contribution in [0.4, 0.5) is 0 Å². The molecule has 2 rings (SSSR count). The third-order valence-corrected chi connectivity index (χ3v) is 4.63. The van der Waals surface area contributed by atoms with Crippen LogP contribution in [-0.4, -0.2) is 36.6 Å². The molecule has 1 aromatic heterocycles. The lowest BCUT2D eigenvalue weighted by molar-refractivity contribution is 0.129. The highest BCUT2D eigenvalue weighted by Crippen LogP contribution is 2.33. The van der Waals surface area contributed by atoms with Gasteiger partial charge in [-0.3, -0.25) is 0 Å². The second kappa shape index (κ2) is 5.46. The Labute approximate surface area is 108 Å². The zero-order chi connectivity index (χ0) is 12.3. The first-order chi connectivity index (χ1) is 8.16. The van der Waals surface area contributed by atoms with E-state index < -0.39 is 0 Å². The molecule has 0 saturated carbocycles. The Hall–Kier alpha value is -0.450. The fourth-order valence-electron chi connectivity index (χ4n) is 2.66. The molecule has 0 aliphatic carbocycles. The summed E-state index contributed by atoms with van der Waals surface area (Å²) in [6, 6.07) is 0. The van der Waals surface area contributed by atoms with Crippen molar-refractivity contribution < 1.29 is 0 Å². The molecule has 0 amide bonds. The van der Waals surface area contributed by atoms with Crippen LogP contribution in [0.25, 0.3) is 0 Å². The minimum absolute atomic E-state index is 0.127. The number of nitrogens with zero attached hydrogens (tertiary/aromatic N) is 2. The molecule has 0 bridgehead atoms. The Morgan fingerprint density at radius 3 is 2.65 bits per heavy atom. The highest BCUT2D eigenvalue weighted by atomic mass is 32.1. The normalized spacial score (nSPS) is 20.9. The van der Waals surface area contributed by atoms with E-state index >= 15 is 0 Å². The van der Waals surface area contributed by atoms with Gasteiger partial charge in [-0.25, -0.2) is 4.98 Å². The van der Waals surface area contributed by atoms with Crippen LogP contribution in [0.1, 0.15) is 31.7 Å². The lowest BCUT2D eigenvalue weighted by Crippen LogP contribution is -2.50. The van der Waals surface area contributed by atoms with Gasteiger partial charge in [0.1, 0.15) is 5.01 Å². The Balaban J connectivity index is 2.00. The van der Waals surface area contributed by atoms with Gasteiger partial charge in [-0.05, 0) is 25.8 Å². The molecule has 1 saturated heterocycles. The third-order valence-electron chi connectivity index (χ3n) is 3.65. The van der Waals surface area contributed by atoms with Crippen LogP contribution >= 0.6 is 11.3 Å². The second-order valence-electron chi connectivity index (χ2n) is 5.36. The average Bonchev–Trinajstić information content (AvgIpc) is 2.84. The molecule has 1 N–H and O–H groups in total. The SMILES string of the molecule is CNC1(c2nccs2)CCN(CC(C)C)CC1. The monoisotopic (exact) mass is 253 g/mol. The number of thiazole rings is 1. The molecule has 0 aromatic carbocycles. The van der Waals surface area contributed by atoms with E-state index in [0.717, 1.165) is 5.92 Å². The van der Waals surface area contributed by atoms with E-state index in [1.165, 1.54) is 37.5 Å². The first kappa shape index (κ1) is 13.0. The molecule has 1 aromatic rings. The summed E-state index contributed by atoms with van der Waals surface area (Å²) in [5.41, 5.74) is 0.127. The van der Waals surface area contributed by atoms with Gasteiger partial charge in [0.05, 0.1) is 5.54 Å². The van der Waals surface area contributed by atoms with E-state index in [4.69, 9.17) is 0 Å². The van der Waals surface area contributed by atoms with Gasteiger partial charge in [0.2, 0.25) is 0 Å². The summed E-state index contributed by atoms with van der Waals surface area (Å²) in [6.45, 7) is 8.16. The Morgan fingerprint density at radius 1 is 1.47 bits per heavy atom. The van der Waals surface area contributed by atoms with Gasteiger partial charge < -0.3 is 10.2 Å². The number of aromatic nitrogens is 1. The van der Waals surface area contributed by atoms with Crippen LogP contribution < -0.4 is 5.32 Å². The standard InChI is InChI=1S/C13H23N3S/c1-11(2)10-16-7-4-13(14-3,5-8-16)12-15-6-9-17-12/h6,9,11,14H,4-5,7-8,10H2,1-3H3. The van der Waals surface area contributed by atoms with Gasteiger partial charge in [0.25, 0.3) is 0 Å². The van der Waals surface area contributed by atoms with Crippen LogP contribution in [0, 0.1) is 5.92 Å². The van der Waals surface area contributed by atoms with Crippen LogP contribution in [0.5, 0.6) is 0 Å². The van der Waals surface area contributed by atoms with Crippen molar-refractivity contribution in [3.05, 3.63) is 16.6 Å². The molecule has 1 fully saturated rings. The highest BCUT2D eigenvalue weighted by Gasteiger charge is 2.36. The summed E-state index contributed by atoms with van der Waals surface area (Å²) in [7, 11) is 2.07. The number of rotatable bonds is 4. The van der Waals surface area contributed by atoms with Crippen molar-refractivity contribution in [2.24, 2.45) is 5.92 Å². The lowest BCUT2D eigenvalue weighted by atomic mass is 9.88. The molecule has 0 atom stereocenters. The van der Waals surface area contributed by atoms with Crippen molar-refractivity contribution in [1.82, 2.24) is 15.2 Å². The topological polar surface area (TPSA) is 28.2 Å². The van der Waals surface area contributed by atoms with Crippen molar-refractivity contribution >= 4 is 11.3 Å². The molecular formula is C13H23N3S. The first-order valence-corrected chi connectivity index (χ1v) is 7.35. The molecule has 3 nitrogen and oxygen atoms in total. The lowest BCUT2D eigenvalue weighted by Gasteiger charge is -2.41. The third kappa shape index (κ3) is 2.87. The fourth-order valence-corrected chi connectivity index (χ4v) is 3.57. The second-order valence-corrected chi connectivity index (χ2v) is 6.26. The Bertz CT molecular complexity index is 326. The zero-order valence-corrected chi connectivity index (χ0v) is 11.9. The molecule has 0 radical (unpaired) electrons. The van der Waals surface area contributed by atoms with E-state index in [0.29, 0.717) is 0 Å². The first-order valence-electron chi connectivity index (χ1n) is 6.47. The zero-order valence-electron chi connectivity index (χ0n) is 11.1. The minimum atomic E-state index is 0.127. The van der Waals surface area contributed by atoms with Crippen LogP contribution in [0.2, 0.25) is 0 Å². The number of hydrogen-bond acceptors (Lipinski definition) is 4. The van der Waals surface area contributed by atoms with Gasteiger partial charge in [0.15, 0.2) is 0 Å². The molecule has 0 spiro atoms. The summed E-state index contributed by atoms with van der Waals surface area (Å²) in [5, 5.41) is 6.85. The summed E-state index contributed by atoms with van der Waals surface area (Å²) in [4.78, 5) is 7.08. The van der Waals surface area contributed by atoms with E-state index in [-0.39, 0.29) is 5.54 Å². The number of hydrogen-bond donors (Lipinski definition) is 1. The number of nitrogens with one attached hydrogen (secondary N) is 1. The van der Waals surface area contributed by atoms with Crippen molar-refractivity contribution in [2.45, 2.75) is 32.2 Å². The molecular weight excluding hydrogens is 230 g/mol. The number of piperidine rings is 1. The molecule has 17 heavy (non-hydrogen) atoms. The maximum Gasteiger partial charge on any atom is 0.113 e. The summed E-state index contributed by atoms with van der Waals surface area (Å²) in [5.74, 6) is 0.761. The smallest absolute Gasteiger partial charge is 0.113 e. The minimum Gasteiger partial charge on any atom is -0.308 e. The quantitative estimate of drug-likeness (QED) is 0.892. The van der Waals surface area contributed by atoms with Gasteiger partial charge in [-0.2, -0.15) is 0 Å². The van der Waals surface area contributed by atoms with E-state index in [1.807, 2.05) is 6.20 Å².